The number of carboxylic acids is 1. The fourth-order valence-electron chi connectivity index (χ4n) is 1.37. The first-order chi connectivity index (χ1) is 6.75. The van der Waals surface area contributed by atoms with E-state index < -0.39 is 5.97 Å². The molecule has 0 fully saturated rings. The molecule has 14 heavy (non-hydrogen) atoms. The van der Waals surface area contributed by atoms with E-state index in [1.807, 2.05) is 0 Å². The Hall–Kier alpha value is -1.29. The normalized spacial score (nSPS) is 10.4. The van der Waals surface area contributed by atoms with E-state index in [0.717, 1.165) is 19.3 Å². The maximum absolute atomic E-state index is 10.7. The van der Waals surface area contributed by atoms with Crippen LogP contribution in [0.25, 0.3) is 0 Å². The summed E-state index contributed by atoms with van der Waals surface area (Å²) in [5.41, 5.74) is 0.328. The van der Waals surface area contributed by atoms with Gasteiger partial charge in [-0.1, -0.05) is 0 Å². The molecule has 1 rings (SSSR count). The lowest BCUT2D eigenvalue weighted by atomic mass is 10.2. The van der Waals surface area contributed by atoms with Crippen LogP contribution in [0.15, 0.2) is 18.3 Å². The highest BCUT2D eigenvalue weighted by molar-refractivity contribution is 5.85. The minimum Gasteiger partial charge on any atom is -0.477 e. The smallest absolute Gasteiger partial charge is 0.352 e. The van der Waals surface area contributed by atoms with E-state index in [0.29, 0.717) is 12.2 Å². The summed E-state index contributed by atoms with van der Waals surface area (Å²) in [6, 6.07) is 3.32. The molecule has 0 saturated heterocycles. The molecule has 4 heteroatoms. The molecule has 1 aromatic heterocycles. The van der Waals surface area contributed by atoms with E-state index in [2.05, 4.69) is 0 Å². The number of carboxylic acid groups (broad SMARTS) is 1. The first-order valence-corrected chi connectivity index (χ1v) is 4.75. The van der Waals surface area contributed by atoms with E-state index >= 15 is 0 Å². The molecule has 0 spiro atoms. The highest BCUT2D eigenvalue weighted by atomic mass is 16.4. The highest BCUT2D eigenvalue weighted by Gasteiger charge is 2.07. The largest absolute Gasteiger partial charge is 0.477 e. The fraction of sp³-hybridized carbons (Fsp3) is 0.500. The maximum Gasteiger partial charge on any atom is 0.352 e. The lowest BCUT2D eigenvalue weighted by Crippen LogP contribution is -2.07. The van der Waals surface area contributed by atoms with E-state index in [-0.39, 0.29) is 6.61 Å². The number of aryl methyl sites for hydroxylation is 1. The average Bonchev–Trinajstić information content (AvgIpc) is 2.60. The van der Waals surface area contributed by atoms with Gasteiger partial charge in [-0.3, -0.25) is 0 Å². The molecule has 0 aliphatic heterocycles. The molecular weight excluding hydrogens is 182 g/mol. The van der Waals surface area contributed by atoms with Crippen molar-refractivity contribution < 1.29 is 15.0 Å². The second kappa shape index (κ2) is 5.44. The summed E-state index contributed by atoms with van der Waals surface area (Å²) < 4.78 is 1.72. The van der Waals surface area contributed by atoms with Gasteiger partial charge in [0.1, 0.15) is 5.69 Å². The van der Waals surface area contributed by atoms with Gasteiger partial charge in [-0.05, 0) is 31.4 Å². The molecule has 4 nitrogen and oxygen atoms in total. The van der Waals surface area contributed by atoms with Crippen LogP contribution in [-0.2, 0) is 6.54 Å². The molecule has 0 unspecified atom stereocenters. The van der Waals surface area contributed by atoms with Crippen LogP contribution in [0.2, 0.25) is 0 Å². The number of carbonyl (C=O) groups is 1. The van der Waals surface area contributed by atoms with Crippen molar-refractivity contribution in [2.45, 2.75) is 25.8 Å². The van der Waals surface area contributed by atoms with Crippen LogP contribution in [0.5, 0.6) is 0 Å². The number of rotatable bonds is 6. The molecule has 1 aromatic rings. The van der Waals surface area contributed by atoms with Gasteiger partial charge in [0.25, 0.3) is 0 Å². The summed E-state index contributed by atoms with van der Waals surface area (Å²) in [5.74, 6) is -0.892. The number of hydrogen-bond donors (Lipinski definition) is 2. The van der Waals surface area contributed by atoms with Crippen molar-refractivity contribution in [2.24, 2.45) is 0 Å². The first kappa shape index (κ1) is 10.8. The van der Waals surface area contributed by atoms with Gasteiger partial charge < -0.3 is 14.8 Å². The van der Waals surface area contributed by atoms with E-state index in [4.69, 9.17) is 10.2 Å². The molecule has 0 bridgehead atoms. The second-order valence-electron chi connectivity index (χ2n) is 3.18. The Balaban J connectivity index is 2.42. The SMILES string of the molecule is O=C(O)c1cccn1CCCCCO. The van der Waals surface area contributed by atoms with E-state index in [1.165, 1.54) is 0 Å². The van der Waals surface area contributed by atoms with Gasteiger partial charge in [0, 0.05) is 19.3 Å². The molecule has 0 saturated carbocycles. The highest BCUT2D eigenvalue weighted by Crippen LogP contribution is 2.05. The summed E-state index contributed by atoms with van der Waals surface area (Å²) in [6.07, 6.45) is 4.37. The Morgan fingerprint density at radius 2 is 2.14 bits per heavy atom. The summed E-state index contributed by atoms with van der Waals surface area (Å²) in [4.78, 5) is 10.7. The van der Waals surface area contributed by atoms with Crippen molar-refractivity contribution >= 4 is 5.97 Å². The molecule has 78 valence electrons. The third kappa shape index (κ3) is 2.88. The minimum absolute atomic E-state index is 0.206. The fourth-order valence-corrected chi connectivity index (χ4v) is 1.37. The Bertz CT molecular complexity index is 293. The van der Waals surface area contributed by atoms with Crippen molar-refractivity contribution in [3.63, 3.8) is 0 Å². The number of aromatic nitrogens is 1. The number of aromatic carboxylic acids is 1. The summed E-state index contributed by atoms with van der Waals surface area (Å²) in [6.45, 7) is 0.909. The number of aliphatic hydroxyl groups is 1. The van der Waals surface area contributed by atoms with Crippen molar-refractivity contribution in [1.29, 1.82) is 0 Å². The minimum atomic E-state index is -0.892. The zero-order chi connectivity index (χ0) is 10.4. The van der Waals surface area contributed by atoms with Gasteiger partial charge in [-0.2, -0.15) is 0 Å². The van der Waals surface area contributed by atoms with Crippen LogP contribution in [0.3, 0.4) is 0 Å². The first-order valence-electron chi connectivity index (χ1n) is 4.75. The van der Waals surface area contributed by atoms with Gasteiger partial charge in [0.15, 0.2) is 0 Å². The topological polar surface area (TPSA) is 62.5 Å². The molecule has 0 aromatic carbocycles. The van der Waals surface area contributed by atoms with Gasteiger partial charge in [-0.25, -0.2) is 4.79 Å². The van der Waals surface area contributed by atoms with Crippen LogP contribution in [0, 0.1) is 0 Å². The quantitative estimate of drug-likeness (QED) is 0.676. The van der Waals surface area contributed by atoms with Gasteiger partial charge in [-0.15, -0.1) is 0 Å². The third-order valence-electron chi connectivity index (χ3n) is 2.11. The van der Waals surface area contributed by atoms with Crippen LogP contribution in [0.4, 0.5) is 0 Å². The Labute approximate surface area is 82.8 Å². The molecule has 2 N–H and O–H groups in total. The summed E-state index contributed by atoms with van der Waals surface area (Å²) >= 11 is 0. The van der Waals surface area contributed by atoms with Crippen molar-refractivity contribution in [1.82, 2.24) is 4.57 Å². The zero-order valence-electron chi connectivity index (χ0n) is 8.02. The molecular formula is C10H15NO3. The van der Waals surface area contributed by atoms with Gasteiger partial charge in [0.2, 0.25) is 0 Å². The maximum atomic E-state index is 10.7. The van der Waals surface area contributed by atoms with Crippen molar-refractivity contribution in [2.75, 3.05) is 6.61 Å². The standard InChI is InChI=1S/C10H15NO3/c12-8-3-1-2-6-11-7-4-5-9(11)10(13)14/h4-5,7,12H,1-3,6,8H2,(H,13,14). The lowest BCUT2D eigenvalue weighted by Gasteiger charge is -2.05. The molecule has 0 amide bonds. The monoisotopic (exact) mass is 197 g/mol. The van der Waals surface area contributed by atoms with Crippen LogP contribution in [0.1, 0.15) is 29.8 Å². The Morgan fingerprint density at radius 3 is 2.79 bits per heavy atom. The van der Waals surface area contributed by atoms with E-state index in [9.17, 15) is 4.79 Å². The lowest BCUT2D eigenvalue weighted by molar-refractivity contribution is 0.0685. The van der Waals surface area contributed by atoms with Gasteiger partial charge >= 0.3 is 5.97 Å². The Morgan fingerprint density at radius 1 is 1.36 bits per heavy atom. The van der Waals surface area contributed by atoms with Crippen molar-refractivity contribution in [3.8, 4) is 0 Å². The number of unbranched alkanes of at least 4 members (excludes halogenated alkanes) is 2. The average molecular weight is 197 g/mol. The number of hydrogen-bond acceptors (Lipinski definition) is 2. The molecule has 0 aliphatic rings. The molecule has 0 atom stereocenters. The predicted molar refractivity (Wildman–Crippen MR) is 52.3 cm³/mol. The second-order valence-corrected chi connectivity index (χ2v) is 3.18. The summed E-state index contributed by atoms with van der Waals surface area (Å²) in [5, 5.41) is 17.4. The Kier molecular flexibility index (Phi) is 4.19. The van der Waals surface area contributed by atoms with Gasteiger partial charge in [0.05, 0.1) is 0 Å². The number of nitrogens with zero attached hydrogens (tertiary/aromatic N) is 1. The summed E-state index contributed by atoms with van der Waals surface area (Å²) in [7, 11) is 0. The van der Waals surface area contributed by atoms with Crippen LogP contribution >= 0.6 is 0 Å². The number of aliphatic hydroxyl groups excluding tert-OH is 1. The third-order valence-corrected chi connectivity index (χ3v) is 2.11. The van der Waals surface area contributed by atoms with Crippen molar-refractivity contribution in [3.05, 3.63) is 24.0 Å². The molecule has 0 aliphatic carbocycles. The van der Waals surface area contributed by atoms with Crippen LogP contribution in [-0.4, -0.2) is 27.4 Å². The predicted octanol–water partition coefficient (Wildman–Crippen LogP) is 1.35. The van der Waals surface area contributed by atoms with Crippen LogP contribution < -0.4 is 0 Å². The molecule has 1 heterocycles. The van der Waals surface area contributed by atoms with E-state index in [1.54, 1.807) is 22.9 Å². The zero-order valence-corrected chi connectivity index (χ0v) is 8.02. The molecule has 0 radical (unpaired) electrons.